The zero-order valence-corrected chi connectivity index (χ0v) is 10.2. The molecule has 1 aromatic heterocycles. The number of benzene rings is 1. The fraction of sp³-hybridized carbons (Fsp3) is 0.182. The molecular weight excluding hydrogens is 268 g/mol. The number of hydrogen-bond acceptors (Lipinski definition) is 3. The molecule has 2 rings (SSSR count). The van der Waals surface area contributed by atoms with Crippen LogP contribution in [0.2, 0.25) is 5.02 Å². The Morgan fingerprint density at radius 1 is 1.47 bits per heavy atom. The van der Waals surface area contributed by atoms with Gasteiger partial charge in [-0.3, -0.25) is 0 Å². The van der Waals surface area contributed by atoms with E-state index >= 15 is 0 Å². The summed E-state index contributed by atoms with van der Waals surface area (Å²) in [6.45, 7) is 0. The Kier molecular flexibility index (Phi) is 4.02. The largest absolute Gasteiger partial charge is 0.431 e. The van der Waals surface area contributed by atoms with E-state index in [9.17, 15) is 8.78 Å². The van der Waals surface area contributed by atoms with Crippen molar-refractivity contribution in [3.05, 3.63) is 35.4 Å². The second kappa shape index (κ2) is 5.51. The van der Waals surface area contributed by atoms with Gasteiger partial charge in [0.05, 0.1) is 0 Å². The zero-order valence-electron chi connectivity index (χ0n) is 8.62. The number of thioether (sulfide) groups is 1. The van der Waals surface area contributed by atoms with E-state index in [2.05, 4.69) is 4.98 Å². The summed E-state index contributed by atoms with van der Waals surface area (Å²) in [7, 11) is 0. The monoisotopic (exact) mass is 275 g/mol. The molecule has 0 bridgehead atoms. The van der Waals surface area contributed by atoms with E-state index in [1.54, 1.807) is 18.2 Å². The Balaban J connectivity index is 2.02. The summed E-state index contributed by atoms with van der Waals surface area (Å²) in [5.41, 5.74) is 1.32. The molecule has 0 atom stereocenters. The van der Waals surface area contributed by atoms with Crippen LogP contribution in [0.4, 0.5) is 8.78 Å². The number of fused-ring (bicyclic) bond motifs is 1. The maximum absolute atomic E-state index is 11.8. The lowest BCUT2D eigenvalue weighted by Crippen LogP contribution is -1.76. The maximum atomic E-state index is 11.8. The highest BCUT2D eigenvalue weighted by Crippen LogP contribution is 2.26. The first-order valence-corrected chi connectivity index (χ1v) is 6.21. The van der Waals surface area contributed by atoms with Crippen LogP contribution < -0.4 is 0 Å². The highest BCUT2D eigenvalue weighted by molar-refractivity contribution is 7.99. The Morgan fingerprint density at radius 3 is 3.06 bits per heavy atom. The zero-order chi connectivity index (χ0) is 12.3. The summed E-state index contributed by atoms with van der Waals surface area (Å²) in [6, 6.07) is 5.15. The minimum Gasteiger partial charge on any atom is -0.431 e. The summed E-state index contributed by atoms with van der Waals surface area (Å²) in [5, 5.41) is 1.06. The number of allylic oxidation sites excluding steroid dienone is 1. The molecule has 2 aromatic rings. The first-order valence-electron chi connectivity index (χ1n) is 4.85. The lowest BCUT2D eigenvalue weighted by atomic mass is 10.3. The molecule has 0 radical (unpaired) electrons. The molecule has 0 aliphatic heterocycles. The van der Waals surface area contributed by atoms with Gasteiger partial charge < -0.3 is 4.42 Å². The van der Waals surface area contributed by atoms with Gasteiger partial charge in [-0.05, 0) is 30.7 Å². The highest BCUT2D eigenvalue weighted by atomic mass is 35.5. The fourth-order valence-electron chi connectivity index (χ4n) is 1.26. The molecule has 6 heteroatoms. The third kappa shape index (κ3) is 3.44. The quantitative estimate of drug-likeness (QED) is 0.595. The number of aromatic nitrogens is 1. The van der Waals surface area contributed by atoms with Gasteiger partial charge in [-0.1, -0.05) is 23.4 Å². The Hall–Kier alpha value is -1.07. The topological polar surface area (TPSA) is 26.0 Å². The van der Waals surface area contributed by atoms with E-state index in [1.165, 1.54) is 11.8 Å². The summed E-state index contributed by atoms with van der Waals surface area (Å²) < 4.78 is 29.0. The SMILES string of the molecule is FC(F)=CCCSc1nc2cc(Cl)ccc2o1. The lowest BCUT2D eigenvalue weighted by molar-refractivity contribution is 0.418. The Morgan fingerprint density at radius 2 is 2.29 bits per heavy atom. The van der Waals surface area contributed by atoms with Crippen molar-refractivity contribution in [3.8, 4) is 0 Å². The van der Waals surface area contributed by atoms with Crippen molar-refractivity contribution < 1.29 is 13.2 Å². The minimum atomic E-state index is -1.66. The van der Waals surface area contributed by atoms with Crippen LogP contribution >= 0.6 is 23.4 Å². The first-order chi connectivity index (χ1) is 8.15. The van der Waals surface area contributed by atoms with Gasteiger partial charge in [0.15, 0.2) is 5.58 Å². The van der Waals surface area contributed by atoms with Gasteiger partial charge in [-0.25, -0.2) is 4.98 Å². The van der Waals surface area contributed by atoms with Gasteiger partial charge in [0.1, 0.15) is 5.52 Å². The van der Waals surface area contributed by atoms with Crippen LogP contribution in [0.1, 0.15) is 6.42 Å². The molecule has 0 spiro atoms. The van der Waals surface area contributed by atoms with E-state index in [0.717, 1.165) is 6.08 Å². The number of hydrogen-bond donors (Lipinski definition) is 0. The van der Waals surface area contributed by atoms with Crippen molar-refractivity contribution in [1.29, 1.82) is 0 Å². The number of halogens is 3. The van der Waals surface area contributed by atoms with Crippen molar-refractivity contribution in [2.75, 3.05) is 5.75 Å². The lowest BCUT2D eigenvalue weighted by Gasteiger charge is -1.90. The summed E-state index contributed by atoms with van der Waals surface area (Å²) >= 11 is 7.11. The molecule has 0 amide bonds. The van der Waals surface area contributed by atoms with Crippen LogP contribution in [-0.2, 0) is 0 Å². The molecule has 17 heavy (non-hydrogen) atoms. The van der Waals surface area contributed by atoms with Gasteiger partial charge in [0, 0.05) is 10.8 Å². The second-order valence-corrected chi connectivity index (χ2v) is 4.71. The summed E-state index contributed by atoms with van der Waals surface area (Å²) in [6.07, 6.45) is -0.492. The van der Waals surface area contributed by atoms with E-state index in [0.29, 0.717) is 27.1 Å². The molecule has 0 aliphatic carbocycles. The van der Waals surface area contributed by atoms with Gasteiger partial charge in [-0.15, -0.1) is 0 Å². The van der Waals surface area contributed by atoms with Crippen molar-refractivity contribution in [2.45, 2.75) is 11.6 Å². The van der Waals surface area contributed by atoms with Gasteiger partial charge in [-0.2, -0.15) is 8.78 Å². The van der Waals surface area contributed by atoms with Gasteiger partial charge >= 0.3 is 0 Å². The van der Waals surface area contributed by atoms with Crippen LogP contribution in [0.15, 0.2) is 40.0 Å². The van der Waals surface area contributed by atoms with E-state index in [4.69, 9.17) is 16.0 Å². The average Bonchev–Trinajstić information content (AvgIpc) is 2.66. The molecule has 2 nitrogen and oxygen atoms in total. The van der Waals surface area contributed by atoms with Crippen molar-refractivity contribution in [1.82, 2.24) is 4.98 Å². The molecule has 1 aromatic carbocycles. The Bertz CT molecular complexity index is 551. The molecule has 0 unspecified atom stereocenters. The average molecular weight is 276 g/mol. The highest BCUT2D eigenvalue weighted by Gasteiger charge is 2.06. The normalized spacial score (nSPS) is 10.8. The summed E-state index contributed by atoms with van der Waals surface area (Å²) in [5.74, 6) is 0.498. The van der Waals surface area contributed by atoms with Gasteiger partial charge in [0.2, 0.25) is 0 Å². The fourth-order valence-corrected chi connectivity index (χ4v) is 2.14. The smallest absolute Gasteiger partial charge is 0.266 e. The number of nitrogens with zero attached hydrogens (tertiary/aromatic N) is 1. The van der Waals surface area contributed by atoms with Crippen molar-refractivity contribution in [2.24, 2.45) is 0 Å². The predicted octanol–water partition coefficient (Wildman–Crippen LogP) is 4.74. The third-order valence-electron chi connectivity index (χ3n) is 1.97. The summed E-state index contributed by atoms with van der Waals surface area (Å²) in [4.78, 5) is 4.19. The van der Waals surface area contributed by atoms with Gasteiger partial charge in [0.25, 0.3) is 11.3 Å². The molecule has 0 saturated carbocycles. The second-order valence-electron chi connectivity index (χ2n) is 3.22. The molecule has 0 fully saturated rings. The third-order valence-corrected chi connectivity index (χ3v) is 3.07. The van der Waals surface area contributed by atoms with Crippen molar-refractivity contribution >= 4 is 34.5 Å². The standard InChI is InChI=1S/C11H8ClF2NOS/c12-7-3-4-9-8(6-7)15-11(16-9)17-5-1-2-10(13)14/h2-4,6H,1,5H2. The Labute approximate surface area is 106 Å². The molecule has 0 saturated heterocycles. The van der Waals surface area contributed by atoms with E-state index in [-0.39, 0.29) is 6.42 Å². The van der Waals surface area contributed by atoms with E-state index in [1.807, 2.05) is 0 Å². The van der Waals surface area contributed by atoms with Crippen LogP contribution in [-0.4, -0.2) is 10.7 Å². The maximum Gasteiger partial charge on any atom is 0.266 e. The van der Waals surface area contributed by atoms with Crippen LogP contribution in [0.25, 0.3) is 11.1 Å². The van der Waals surface area contributed by atoms with Crippen LogP contribution in [0.3, 0.4) is 0 Å². The molecule has 0 aliphatic rings. The minimum absolute atomic E-state index is 0.284. The van der Waals surface area contributed by atoms with Crippen molar-refractivity contribution in [3.63, 3.8) is 0 Å². The van der Waals surface area contributed by atoms with E-state index < -0.39 is 6.08 Å². The molecule has 1 heterocycles. The molecule has 0 N–H and O–H groups in total. The number of oxazole rings is 1. The first kappa shape index (κ1) is 12.4. The number of rotatable bonds is 4. The van der Waals surface area contributed by atoms with Crippen LogP contribution in [0.5, 0.6) is 0 Å². The predicted molar refractivity (Wildman–Crippen MR) is 64.7 cm³/mol. The van der Waals surface area contributed by atoms with Crippen LogP contribution in [0, 0.1) is 0 Å². The molecule has 90 valence electrons. The molecular formula is C11H8ClF2NOS.